The SMILES string of the molecule is Cc1cc(C(=O)CCCC#N)ccc1F. The van der Waals surface area contributed by atoms with Gasteiger partial charge in [0.1, 0.15) is 5.82 Å². The number of aryl methyl sites for hydroxylation is 1. The number of nitrogens with zero attached hydrogens (tertiary/aromatic N) is 1. The molecule has 78 valence electrons. The molecule has 0 heterocycles. The van der Waals surface area contributed by atoms with E-state index in [0.29, 0.717) is 30.4 Å². The number of benzene rings is 1. The van der Waals surface area contributed by atoms with Crippen molar-refractivity contribution in [3.63, 3.8) is 0 Å². The van der Waals surface area contributed by atoms with E-state index < -0.39 is 0 Å². The molecule has 0 spiro atoms. The van der Waals surface area contributed by atoms with Crippen LogP contribution in [0.15, 0.2) is 18.2 Å². The maximum Gasteiger partial charge on any atom is 0.162 e. The summed E-state index contributed by atoms with van der Waals surface area (Å²) in [6, 6.07) is 6.31. The number of unbranched alkanes of at least 4 members (excludes halogenated alkanes) is 1. The molecule has 1 aromatic carbocycles. The summed E-state index contributed by atoms with van der Waals surface area (Å²) in [6.07, 6.45) is 1.29. The zero-order valence-corrected chi connectivity index (χ0v) is 8.59. The molecule has 0 fully saturated rings. The highest BCUT2D eigenvalue weighted by Crippen LogP contribution is 2.12. The molecule has 3 heteroatoms. The molecule has 0 aliphatic carbocycles. The molecule has 0 amide bonds. The van der Waals surface area contributed by atoms with Crippen molar-refractivity contribution in [2.75, 3.05) is 0 Å². The number of halogens is 1. The van der Waals surface area contributed by atoms with Crippen LogP contribution in [0.4, 0.5) is 4.39 Å². The number of Topliss-reactive ketones (excluding diaryl/α,β-unsaturated/α-hetero) is 1. The lowest BCUT2D eigenvalue weighted by Gasteiger charge is -2.01. The summed E-state index contributed by atoms with van der Waals surface area (Å²) in [5.41, 5.74) is 0.993. The zero-order valence-electron chi connectivity index (χ0n) is 8.59. The third-order valence-electron chi connectivity index (χ3n) is 2.17. The molecule has 1 rings (SSSR count). The number of carbonyl (C=O) groups is 1. The molecule has 15 heavy (non-hydrogen) atoms. The van der Waals surface area contributed by atoms with E-state index in [1.807, 2.05) is 6.07 Å². The molecule has 0 aromatic heterocycles. The molecule has 0 N–H and O–H groups in total. The van der Waals surface area contributed by atoms with Gasteiger partial charge in [0.25, 0.3) is 0 Å². The quantitative estimate of drug-likeness (QED) is 0.560. The number of hydrogen-bond acceptors (Lipinski definition) is 2. The number of nitriles is 1. The lowest BCUT2D eigenvalue weighted by atomic mass is 10.0. The van der Waals surface area contributed by atoms with Gasteiger partial charge in [0.2, 0.25) is 0 Å². The lowest BCUT2D eigenvalue weighted by molar-refractivity contribution is 0.0980. The minimum Gasteiger partial charge on any atom is -0.294 e. The molecular weight excluding hydrogens is 193 g/mol. The summed E-state index contributed by atoms with van der Waals surface area (Å²) >= 11 is 0. The van der Waals surface area contributed by atoms with Crippen molar-refractivity contribution < 1.29 is 9.18 Å². The van der Waals surface area contributed by atoms with Crippen LogP contribution in [0.2, 0.25) is 0 Å². The highest BCUT2D eigenvalue weighted by Gasteiger charge is 2.07. The predicted octanol–water partition coefficient (Wildman–Crippen LogP) is 3.01. The Balaban J connectivity index is 2.67. The van der Waals surface area contributed by atoms with Crippen LogP contribution in [0.1, 0.15) is 35.2 Å². The van der Waals surface area contributed by atoms with Gasteiger partial charge in [-0.25, -0.2) is 4.39 Å². The van der Waals surface area contributed by atoms with Crippen LogP contribution in [0, 0.1) is 24.1 Å². The number of hydrogen-bond donors (Lipinski definition) is 0. The predicted molar refractivity (Wildman–Crippen MR) is 54.9 cm³/mol. The van der Waals surface area contributed by atoms with Crippen LogP contribution in [-0.2, 0) is 0 Å². The van der Waals surface area contributed by atoms with Gasteiger partial charge in [-0.3, -0.25) is 4.79 Å². The summed E-state index contributed by atoms with van der Waals surface area (Å²) in [5.74, 6) is -0.336. The maximum absolute atomic E-state index is 12.9. The van der Waals surface area contributed by atoms with Crippen LogP contribution in [-0.4, -0.2) is 5.78 Å². The molecule has 0 saturated carbocycles. The first-order valence-corrected chi connectivity index (χ1v) is 4.81. The third-order valence-corrected chi connectivity index (χ3v) is 2.17. The number of carbonyl (C=O) groups excluding carboxylic acids is 1. The van der Waals surface area contributed by atoms with Gasteiger partial charge in [0, 0.05) is 18.4 Å². The lowest BCUT2D eigenvalue weighted by Crippen LogP contribution is -1.99. The van der Waals surface area contributed by atoms with Gasteiger partial charge < -0.3 is 0 Å². The van der Waals surface area contributed by atoms with Crippen molar-refractivity contribution in [3.05, 3.63) is 35.1 Å². The van der Waals surface area contributed by atoms with Crippen molar-refractivity contribution >= 4 is 5.78 Å². The Morgan fingerprint density at radius 1 is 1.53 bits per heavy atom. The largest absolute Gasteiger partial charge is 0.294 e. The second-order valence-electron chi connectivity index (χ2n) is 3.40. The molecule has 0 aliphatic rings. The van der Waals surface area contributed by atoms with Crippen LogP contribution in [0.25, 0.3) is 0 Å². The molecule has 0 unspecified atom stereocenters. The fourth-order valence-electron chi connectivity index (χ4n) is 1.29. The number of rotatable bonds is 4. The summed E-state index contributed by atoms with van der Waals surface area (Å²) in [5, 5.41) is 8.32. The minimum atomic E-state index is -0.302. The normalized spacial score (nSPS) is 9.67. The van der Waals surface area contributed by atoms with E-state index in [-0.39, 0.29) is 11.6 Å². The molecule has 0 bridgehead atoms. The molecule has 0 saturated heterocycles. The van der Waals surface area contributed by atoms with Crippen molar-refractivity contribution in [1.29, 1.82) is 5.26 Å². The van der Waals surface area contributed by atoms with Gasteiger partial charge in [-0.05, 0) is 37.1 Å². The fraction of sp³-hybridized carbons (Fsp3) is 0.333. The van der Waals surface area contributed by atoms with Gasteiger partial charge in [0.15, 0.2) is 5.78 Å². The Morgan fingerprint density at radius 3 is 2.87 bits per heavy atom. The third kappa shape index (κ3) is 3.17. The maximum atomic E-state index is 12.9. The molecular formula is C12H12FNO. The summed E-state index contributed by atoms with van der Waals surface area (Å²) < 4.78 is 12.9. The highest BCUT2D eigenvalue weighted by molar-refractivity contribution is 5.96. The van der Waals surface area contributed by atoms with Crippen LogP contribution in [0.3, 0.4) is 0 Å². The summed E-state index contributed by atoms with van der Waals surface area (Å²) in [4.78, 5) is 11.6. The monoisotopic (exact) mass is 205 g/mol. The first kappa shape index (κ1) is 11.4. The fourth-order valence-corrected chi connectivity index (χ4v) is 1.29. The summed E-state index contributed by atoms with van der Waals surface area (Å²) in [7, 11) is 0. The smallest absolute Gasteiger partial charge is 0.162 e. The molecule has 0 atom stereocenters. The van der Waals surface area contributed by atoms with Crippen LogP contribution in [0.5, 0.6) is 0 Å². The van der Waals surface area contributed by atoms with E-state index in [4.69, 9.17) is 5.26 Å². The van der Waals surface area contributed by atoms with Crippen molar-refractivity contribution in [1.82, 2.24) is 0 Å². The number of ketones is 1. The molecule has 2 nitrogen and oxygen atoms in total. The van der Waals surface area contributed by atoms with Gasteiger partial charge in [0.05, 0.1) is 6.07 Å². The first-order chi connectivity index (χ1) is 7.15. The Hall–Kier alpha value is -1.69. The van der Waals surface area contributed by atoms with Crippen molar-refractivity contribution in [2.45, 2.75) is 26.2 Å². The summed E-state index contributed by atoms with van der Waals surface area (Å²) in [6.45, 7) is 1.63. The first-order valence-electron chi connectivity index (χ1n) is 4.81. The average molecular weight is 205 g/mol. The standard InChI is InChI=1S/C12H12FNO/c1-9-8-10(5-6-11(9)13)12(15)4-2-3-7-14/h5-6,8H,2-4H2,1H3. The highest BCUT2D eigenvalue weighted by atomic mass is 19.1. The minimum absolute atomic E-state index is 0.0339. The molecule has 0 aliphatic heterocycles. The van der Waals surface area contributed by atoms with Crippen LogP contribution >= 0.6 is 0 Å². The van der Waals surface area contributed by atoms with E-state index in [9.17, 15) is 9.18 Å². The van der Waals surface area contributed by atoms with Gasteiger partial charge in [-0.15, -0.1) is 0 Å². The Kier molecular flexibility index (Phi) is 3.99. The Morgan fingerprint density at radius 2 is 2.27 bits per heavy atom. The van der Waals surface area contributed by atoms with E-state index in [2.05, 4.69) is 0 Å². The molecule has 1 aromatic rings. The zero-order chi connectivity index (χ0) is 11.3. The van der Waals surface area contributed by atoms with Gasteiger partial charge >= 0.3 is 0 Å². The van der Waals surface area contributed by atoms with E-state index in [0.717, 1.165) is 0 Å². The molecule has 0 radical (unpaired) electrons. The van der Waals surface area contributed by atoms with Crippen molar-refractivity contribution in [3.8, 4) is 6.07 Å². The van der Waals surface area contributed by atoms with Crippen molar-refractivity contribution in [2.24, 2.45) is 0 Å². The second kappa shape index (κ2) is 5.26. The van der Waals surface area contributed by atoms with E-state index in [1.165, 1.54) is 12.1 Å². The Labute approximate surface area is 88.3 Å². The average Bonchev–Trinajstić information content (AvgIpc) is 2.22. The topological polar surface area (TPSA) is 40.9 Å². The van der Waals surface area contributed by atoms with Gasteiger partial charge in [-0.2, -0.15) is 5.26 Å². The van der Waals surface area contributed by atoms with E-state index >= 15 is 0 Å². The van der Waals surface area contributed by atoms with Crippen LogP contribution < -0.4 is 0 Å². The second-order valence-corrected chi connectivity index (χ2v) is 3.40. The Bertz CT molecular complexity index is 407. The van der Waals surface area contributed by atoms with Gasteiger partial charge in [-0.1, -0.05) is 0 Å². The van der Waals surface area contributed by atoms with E-state index in [1.54, 1.807) is 13.0 Å².